The second-order valence-electron chi connectivity index (χ2n) is 4.93. The Morgan fingerprint density at radius 2 is 1.86 bits per heavy atom. The summed E-state index contributed by atoms with van der Waals surface area (Å²) in [6.07, 6.45) is 0. The van der Waals surface area contributed by atoms with Crippen LogP contribution in [0.15, 0.2) is 42.5 Å². The monoisotopic (exact) mass is 287 g/mol. The van der Waals surface area contributed by atoms with E-state index in [1.807, 2.05) is 31.2 Å². The molecule has 1 unspecified atom stereocenters. The number of nitrogens with one attached hydrogen (secondary N) is 1. The van der Waals surface area contributed by atoms with Crippen molar-refractivity contribution in [3.05, 3.63) is 65.0 Å². The van der Waals surface area contributed by atoms with Crippen molar-refractivity contribution in [1.82, 2.24) is 5.32 Å². The van der Waals surface area contributed by atoms with Crippen molar-refractivity contribution in [2.75, 3.05) is 7.11 Å². The molecule has 1 amide bonds. The Labute approximate surface area is 123 Å². The lowest BCUT2D eigenvalue weighted by atomic mass is 10.1. The molecule has 0 spiro atoms. The van der Waals surface area contributed by atoms with E-state index in [9.17, 15) is 9.18 Å². The van der Waals surface area contributed by atoms with Gasteiger partial charge in [-0.3, -0.25) is 4.79 Å². The Balaban J connectivity index is 2.10. The van der Waals surface area contributed by atoms with E-state index >= 15 is 0 Å². The molecule has 1 atom stereocenters. The third-order valence-corrected chi connectivity index (χ3v) is 3.40. The summed E-state index contributed by atoms with van der Waals surface area (Å²) >= 11 is 0. The van der Waals surface area contributed by atoms with Gasteiger partial charge in [0.2, 0.25) is 0 Å². The van der Waals surface area contributed by atoms with Crippen LogP contribution in [-0.2, 0) is 0 Å². The maximum atomic E-state index is 13.1. The number of benzene rings is 2. The van der Waals surface area contributed by atoms with Crippen LogP contribution in [0.5, 0.6) is 5.75 Å². The minimum absolute atomic E-state index is 0.146. The van der Waals surface area contributed by atoms with E-state index in [-0.39, 0.29) is 17.8 Å². The molecule has 0 aromatic heterocycles. The van der Waals surface area contributed by atoms with Crippen molar-refractivity contribution < 1.29 is 13.9 Å². The predicted octanol–water partition coefficient (Wildman–Crippen LogP) is 3.63. The van der Waals surface area contributed by atoms with Crippen LogP contribution in [0.1, 0.15) is 34.5 Å². The van der Waals surface area contributed by atoms with E-state index in [4.69, 9.17) is 4.74 Å². The zero-order valence-corrected chi connectivity index (χ0v) is 12.3. The molecule has 0 saturated carbocycles. The first-order valence-electron chi connectivity index (χ1n) is 6.72. The molecule has 0 aliphatic carbocycles. The van der Waals surface area contributed by atoms with E-state index in [0.717, 1.165) is 11.3 Å². The Morgan fingerprint density at radius 3 is 2.43 bits per heavy atom. The first-order chi connectivity index (χ1) is 10.0. The lowest BCUT2D eigenvalue weighted by molar-refractivity contribution is 0.0939. The van der Waals surface area contributed by atoms with Gasteiger partial charge in [-0.25, -0.2) is 4.39 Å². The van der Waals surface area contributed by atoms with Gasteiger partial charge in [0.1, 0.15) is 11.6 Å². The average molecular weight is 287 g/mol. The van der Waals surface area contributed by atoms with Gasteiger partial charge in [0.15, 0.2) is 0 Å². The number of amides is 1. The molecule has 0 aliphatic rings. The van der Waals surface area contributed by atoms with Gasteiger partial charge in [-0.15, -0.1) is 0 Å². The van der Waals surface area contributed by atoms with Crippen molar-refractivity contribution in [3.8, 4) is 5.75 Å². The average Bonchev–Trinajstić information content (AvgIpc) is 2.47. The molecule has 2 rings (SSSR count). The lowest BCUT2D eigenvalue weighted by Crippen LogP contribution is -2.27. The summed E-state index contributed by atoms with van der Waals surface area (Å²) in [7, 11) is 1.61. The lowest BCUT2D eigenvalue weighted by Gasteiger charge is -2.15. The number of carbonyl (C=O) groups is 1. The van der Waals surface area contributed by atoms with Crippen molar-refractivity contribution in [2.24, 2.45) is 0 Å². The van der Waals surface area contributed by atoms with Gasteiger partial charge in [-0.2, -0.15) is 0 Å². The van der Waals surface area contributed by atoms with Crippen LogP contribution in [-0.4, -0.2) is 13.0 Å². The van der Waals surface area contributed by atoms with E-state index in [2.05, 4.69) is 5.32 Å². The quantitative estimate of drug-likeness (QED) is 0.932. The minimum atomic E-state index is -0.341. The first-order valence-corrected chi connectivity index (χ1v) is 6.72. The first kappa shape index (κ1) is 15.0. The van der Waals surface area contributed by atoms with Gasteiger partial charge in [0, 0.05) is 5.56 Å². The number of aryl methyl sites for hydroxylation is 1. The molecule has 0 fully saturated rings. The fourth-order valence-corrected chi connectivity index (χ4v) is 2.13. The SMILES string of the molecule is COc1ccc(C(C)NC(=O)c2ccc(F)cc2C)cc1. The van der Waals surface area contributed by atoms with Crippen molar-refractivity contribution in [3.63, 3.8) is 0 Å². The zero-order valence-electron chi connectivity index (χ0n) is 12.3. The van der Waals surface area contributed by atoms with Crippen LogP contribution < -0.4 is 10.1 Å². The molecule has 1 N–H and O–H groups in total. The highest BCUT2D eigenvalue weighted by atomic mass is 19.1. The third-order valence-electron chi connectivity index (χ3n) is 3.40. The molecule has 2 aromatic rings. The number of hydrogen-bond acceptors (Lipinski definition) is 2. The number of halogens is 1. The normalized spacial score (nSPS) is 11.8. The fraction of sp³-hybridized carbons (Fsp3) is 0.235. The number of ether oxygens (including phenoxy) is 1. The molecule has 0 radical (unpaired) electrons. The van der Waals surface area contributed by atoms with Crippen LogP contribution in [0.2, 0.25) is 0 Å². The predicted molar refractivity (Wildman–Crippen MR) is 80.0 cm³/mol. The topological polar surface area (TPSA) is 38.3 Å². The molecule has 21 heavy (non-hydrogen) atoms. The highest BCUT2D eigenvalue weighted by Crippen LogP contribution is 2.18. The molecule has 110 valence electrons. The van der Waals surface area contributed by atoms with Gasteiger partial charge < -0.3 is 10.1 Å². The molecular weight excluding hydrogens is 269 g/mol. The standard InChI is InChI=1S/C17H18FNO2/c1-11-10-14(18)6-9-16(11)17(20)19-12(2)13-4-7-15(21-3)8-5-13/h4-10,12H,1-3H3,(H,19,20). The smallest absolute Gasteiger partial charge is 0.252 e. The molecule has 2 aromatic carbocycles. The Bertz CT molecular complexity index is 638. The third kappa shape index (κ3) is 3.60. The Morgan fingerprint density at radius 1 is 1.19 bits per heavy atom. The molecule has 3 nitrogen and oxygen atoms in total. The van der Waals surface area contributed by atoms with Crippen molar-refractivity contribution in [1.29, 1.82) is 0 Å². The number of rotatable bonds is 4. The Kier molecular flexibility index (Phi) is 4.58. The van der Waals surface area contributed by atoms with Crippen LogP contribution in [0, 0.1) is 12.7 Å². The van der Waals surface area contributed by atoms with Crippen molar-refractivity contribution in [2.45, 2.75) is 19.9 Å². The van der Waals surface area contributed by atoms with Crippen LogP contribution in [0.3, 0.4) is 0 Å². The van der Waals surface area contributed by atoms with Crippen LogP contribution >= 0.6 is 0 Å². The zero-order chi connectivity index (χ0) is 15.4. The second-order valence-corrected chi connectivity index (χ2v) is 4.93. The summed E-state index contributed by atoms with van der Waals surface area (Å²) in [5.41, 5.74) is 2.08. The number of hydrogen-bond donors (Lipinski definition) is 1. The van der Waals surface area contributed by atoms with Crippen molar-refractivity contribution >= 4 is 5.91 Å². The number of methoxy groups -OCH3 is 1. The van der Waals surface area contributed by atoms with Gasteiger partial charge in [-0.05, 0) is 55.3 Å². The molecular formula is C17H18FNO2. The molecule has 0 aliphatic heterocycles. The maximum Gasteiger partial charge on any atom is 0.252 e. The van der Waals surface area contributed by atoms with E-state index in [1.165, 1.54) is 18.2 Å². The second kappa shape index (κ2) is 6.39. The van der Waals surface area contributed by atoms with Gasteiger partial charge in [-0.1, -0.05) is 12.1 Å². The summed E-state index contributed by atoms with van der Waals surface area (Å²) in [5.74, 6) is 0.217. The minimum Gasteiger partial charge on any atom is -0.497 e. The highest BCUT2D eigenvalue weighted by Gasteiger charge is 2.13. The number of carbonyl (C=O) groups excluding carboxylic acids is 1. The van der Waals surface area contributed by atoms with Crippen LogP contribution in [0.25, 0.3) is 0 Å². The summed E-state index contributed by atoms with van der Waals surface area (Å²) in [6.45, 7) is 3.62. The molecule has 4 heteroatoms. The highest BCUT2D eigenvalue weighted by molar-refractivity contribution is 5.95. The van der Waals surface area contributed by atoms with Crippen LogP contribution in [0.4, 0.5) is 4.39 Å². The van der Waals surface area contributed by atoms with E-state index < -0.39 is 0 Å². The largest absolute Gasteiger partial charge is 0.497 e. The summed E-state index contributed by atoms with van der Waals surface area (Å²) < 4.78 is 18.2. The van der Waals surface area contributed by atoms with Gasteiger partial charge in [0.25, 0.3) is 5.91 Å². The summed E-state index contributed by atoms with van der Waals surface area (Å²) in [6, 6.07) is 11.5. The summed E-state index contributed by atoms with van der Waals surface area (Å²) in [4.78, 5) is 12.2. The summed E-state index contributed by atoms with van der Waals surface area (Å²) in [5, 5.41) is 2.91. The van der Waals surface area contributed by atoms with Gasteiger partial charge in [0.05, 0.1) is 13.2 Å². The maximum absolute atomic E-state index is 13.1. The molecule has 0 saturated heterocycles. The fourth-order valence-electron chi connectivity index (χ4n) is 2.13. The molecule has 0 heterocycles. The van der Waals surface area contributed by atoms with E-state index in [1.54, 1.807) is 14.0 Å². The van der Waals surface area contributed by atoms with E-state index in [0.29, 0.717) is 11.1 Å². The Hall–Kier alpha value is -2.36. The molecule has 0 bridgehead atoms. The van der Waals surface area contributed by atoms with Gasteiger partial charge >= 0.3 is 0 Å².